The van der Waals surface area contributed by atoms with Gasteiger partial charge in [-0.25, -0.2) is 0 Å². The summed E-state index contributed by atoms with van der Waals surface area (Å²) >= 11 is 0. The van der Waals surface area contributed by atoms with Crippen LogP contribution in [0.25, 0.3) is 0 Å². The summed E-state index contributed by atoms with van der Waals surface area (Å²) in [5.41, 5.74) is 2.29. The van der Waals surface area contributed by atoms with Crippen LogP contribution in [0.3, 0.4) is 0 Å². The lowest BCUT2D eigenvalue weighted by atomic mass is 10.2. The fourth-order valence-corrected chi connectivity index (χ4v) is 1.67. The van der Waals surface area contributed by atoms with Crippen LogP contribution in [-0.4, -0.2) is 24.7 Å². The molecule has 1 rings (SSSR count). The zero-order valence-electron chi connectivity index (χ0n) is 11.6. The van der Waals surface area contributed by atoms with Crippen molar-refractivity contribution in [2.45, 2.75) is 38.5 Å². The van der Waals surface area contributed by atoms with Gasteiger partial charge in [0, 0.05) is 6.61 Å². The Morgan fingerprint density at radius 1 is 1.21 bits per heavy atom. The van der Waals surface area contributed by atoms with Crippen LogP contribution in [0.4, 0.5) is 0 Å². The van der Waals surface area contributed by atoms with Crippen LogP contribution in [0.1, 0.15) is 32.3 Å². The minimum absolute atomic E-state index is 0.0666. The maximum Gasteiger partial charge on any atom is 0.294 e. The van der Waals surface area contributed by atoms with E-state index in [1.165, 1.54) is 17.7 Å². The normalized spacial score (nSPS) is 10.4. The summed E-state index contributed by atoms with van der Waals surface area (Å²) in [4.78, 5) is -0.0666. The molecule has 0 saturated heterocycles. The molecule has 0 bridgehead atoms. The number of benzene rings is 1. The van der Waals surface area contributed by atoms with E-state index in [-0.39, 0.29) is 4.90 Å². The van der Waals surface area contributed by atoms with E-state index in [9.17, 15) is 8.42 Å². The van der Waals surface area contributed by atoms with Crippen molar-refractivity contribution in [1.29, 1.82) is 0 Å². The highest BCUT2D eigenvalue weighted by Gasteiger charge is 2.06. The van der Waals surface area contributed by atoms with Crippen LogP contribution in [0.2, 0.25) is 0 Å². The first-order chi connectivity index (χ1) is 8.77. The van der Waals surface area contributed by atoms with Crippen molar-refractivity contribution in [1.82, 2.24) is 0 Å². The zero-order valence-corrected chi connectivity index (χ0v) is 12.4. The molecule has 1 aromatic carbocycles. The average Bonchev–Trinajstić information content (AvgIpc) is 2.29. The second-order valence-corrected chi connectivity index (χ2v) is 5.86. The first-order valence-electron chi connectivity index (χ1n) is 6.05. The number of aliphatic hydroxyl groups excluding tert-OH is 1. The molecule has 0 spiro atoms. The van der Waals surface area contributed by atoms with Crippen LogP contribution in [0, 0.1) is 6.92 Å². The van der Waals surface area contributed by atoms with Gasteiger partial charge in [0.25, 0.3) is 10.1 Å². The van der Waals surface area contributed by atoms with E-state index in [0.717, 1.165) is 18.4 Å². The van der Waals surface area contributed by atoms with E-state index in [1.54, 1.807) is 12.1 Å². The van der Waals surface area contributed by atoms with Gasteiger partial charge in [-0.05, 0) is 45.7 Å². The van der Waals surface area contributed by atoms with Crippen molar-refractivity contribution in [3.63, 3.8) is 0 Å². The van der Waals surface area contributed by atoms with E-state index in [1.807, 2.05) is 6.92 Å². The van der Waals surface area contributed by atoms with Crippen LogP contribution in [0.15, 0.2) is 40.8 Å². The van der Waals surface area contributed by atoms with Gasteiger partial charge in [-0.2, -0.15) is 8.42 Å². The standard InChI is InChI=1S/C7H8O3S.C7H14O/c1-6-2-4-7(5-3-6)11(8,9)10;1-7(2)5-3-4-6-8/h2-5H,1H3,(H,8,9,10);5,8H,3-4,6H2,1-2H3. The summed E-state index contributed by atoms with van der Waals surface area (Å²) in [6, 6.07) is 5.99. The Kier molecular flexibility index (Phi) is 8.30. The molecule has 0 aliphatic rings. The quantitative estimate of drug-likeness (QED) is 0.507. The maximum absolute atomic E-state index is 10.5. The monoisotopic (exact) mass is 286 g/mol. The molecule has 0 radical (unpaired) electrons. The zero-order chi connectivity index (χ0) is 14.9. The Morgan fingerprint density at radius 2 is 1.74 bits per heavy atom. The first kappa shape index (κ1) is 17.8. The SMILES string of the molecule is CC(C)=CCCCO.Cc1ccc(S(=O)(=O)O)cc1. The summed E-state index contributed by atoms with van der Waals surface area (Å²) in [6.45, 7) is 6.28. The van der Waals surface area contributed by atoms with E-state index in [0.29, 0.717) is 6.61 Å². The molecular weight excluding hydrogens is 264 g/mol. The molecule has 1 aromatic rings. The van der Waals surface area contributed by atoms with E-state index in [2.05, 4.69) is 19.9 Å². The largest absolute Gasteiger partial charge is 0.396 e. The fourth-order valence-electron chi connectivity index (χ4n) is 1.19. The molecule has 0 aliphatic heterocycles. The molecule has 0 aliphatic carbocycles. The van der Waals surface area contributed by atoms with Crippen molar-refractivity contribution in [2.75, 3.05) is 6.61 Å². The molecule has 19 heavy (non-hydrogen) atoms. The molecule has 5 heteroatoms. The van der Waals surface area contributed by atoms with Gasteiger partial charge in [-0.15, -0.1) is 0 Å². The summed E-state index contributed by atoms with van der Waals surface area (Å²) in [5, 5.41) is 8.35. The Hall–Kier alpha value is -1.17. The summed E-state index contributed by atoms with van der Waals surface area (Å²) in [5.74, 6) is 0. The second-order valence-electron chi connectivity index (χ2n) is 4.44. The molecule has 0 unspecified atom stereocenters. The molecule has 0 heterocycles. The van der Waals surface area contributed by atoms with Crippen LogP contribution >= 0.6 is 0 Å². The Morgan fingerprint density at radius 3 is 2.11 bits per heavy atom. The predicted molar refractivity (Wildman–Crippen MR) is 76.7 cm³/mol. The summed E-state index contributed by atoms with van der Waals surface area (Å²) in [7, 11) is -4.02. The van der Waals surface area contributed by atoms with Gasteiger partial charge in [0.2, 0.25) is 0 Å². The van der Waals surface area contributed by atoms with Gasteiger partial charge in [0.15, 0.2) is 0 Å². The lowest BCUT2D eigenvalue weighted by molar-refractivity contribution is 0.289. The third-order valence-corrected chi connectivity index (χ3v) is 3.10. The molecule has 0 atom stereocenters. The molecule has 0 aromatic heterocycles. The third-order valence-electron chi connectivity index (χ3n) is 2.23. The van der Waals surface area contributed by atoms with Gasteiger partial charge < -0.3 is 5.11 Å². The average molecular weight is 286 g/mol. The molecule has 0 amide bonds. The number of aliphatic hydroxyl groups is 1. The van der Waals surface area contributed by atoms with Gasteiger partial charge >= 0.3 is 0 Å². The van der Waals surface area contributed by atoms with E-state index < -0.39 is 10.1 Å². The first-order valence-corrected chi connectivity index (χ1v) is 7.49. The van der Waals surface area contributed by atoms with Crippen LogP contribution < -0.4 is 0 Å². The molecule has 0 saturated carbocycles. The topological polar surface area (TPSA) is 74.6 Å². The van der Waals surface area contributed by atoms with Gasteiger partial charge in [-0.1, -0.05) is 29.3 Å². The minimum atomic E-state index is -4.02. The number of hydrogen-bond donors (Lipinski definition) is 2. The van der Waals surface area contributed by atoms with Gasteiger partial charge in [0.1, 0.15) is 0 Å². The summed E-state index contributed by atoms with van der Waals surface area (Å²) in [6.07, 6.45) is 4.04. The lowest BCUT2D eigenvalue weighted by Crippen LogP contribution is -1.96. The van der Waals surface area contributed by atoms with Crippen molar-refractivity contribution >= 4 is 10.1 Å². The second kappa shape index (κ2) is 8.85. The third kappa shape index (κ3) is 9.41. The van der Waals surface area contributed by atoms with E-state index in [4.69, 9.17) is 9.66 Å². The lowest BCUT2D eigenvalue weighted by Gasteiger charge is -1.95. The highest BCUT2D eigenvalue weighted by Crippen LogP contribution is 2.08. The molecule has 0 fully saturated rings. The molecular formula is C14H22O4S. The van der Waals surface area contributed by atoms with Crippen LogP contribution in [0.5, 0.6) is 0 Å². The van der Waals surface area contributed by atoms with Crippen molar-refractivity contribution in [2.24, 2.45) is 0 Å². The van der Waals surface area contributed by atoms with Gasteiger partial charge in [0.05, 0.1) is 4.90 Å². The summed E-state index contributed by atoms with van der Waals surface area (Å²) < 4.78 is 29.6. The number of hydrogen-bond acceptors (Lipinski definition) is 3. The van der Waals surface area contributed by atoms with Crippen molar-refractivity contribution in [3.8, 4) is 0 Å². The molecule has 4 nitrogen and oxygen atoms in total. The maximum atomic E-state index is 10.5. The van der Waals surface area contributed by atoms with E-state index >= 15 is 0 Å². The van der Waals surface area contributed by atoms with Crippen molar-refractivity contribution < 1.29 is 18.1 Å². The fraction of sp³-hybridized carbons (Fsp3) is 0.429. The van der Waals surface area contributed by atoms with Crippen molar-refractivity contribution in [3.05, 3.63) is 41.5 Å². The number of rotatable bonds is 4. The predicted octanol–water partition coefficient (Wildman–Crippen LogP) is 2.97. The number of aryl methyl sites for hydroxylation is 1. The highest BCUT2D eigenvalue weighted by atomic mass is 32.2. The van der Waals surface area contributed by atoms with Gasteiger partial charge in [-0.3, -0.25) is 4.55 Å². The Balaban J connectivity index is 0.000000362. The highest BCUT2D eigenvalue weighted by molar-refractivity contribution is 7.85. The Labute approximate surface area is 115 Å². The molecule has 2 N–H and O–H groups in total. The smallest absolute Gasteiger partial charge is 0.294 e. The van der Waals surface area contributed by atoms with Crippen LogP contribution in [-0.2, 0) is 10.1 Å². The minimum Gasteiger partial charge on any atom is -0.396 e. The Bertz CT molecular complexity index is 483. The molecule has 108 valence electrons. The number of allylic oxidation sites excluding steroid dienone is 2. The number of unbranched alkanes of at least 4 members (excludes halogenated alkanes) is 1.